The molecule has 1 aliphatic heterocycles. The molecule has 0 bridgehead atoms. The summed E-state index contributed by atoms with van der Waals surface area (Å²) in [5.74, 6) is 0.627. The summed E-state index contributed by atoms with van der Waals surface area (Å²) in [4.78, 5) is 14.6. The summed E-state index contributed by atoms with van der Waals surface area (Å²) >= 11 is 12.1. The Morgan fingerprint density at radius 1 is 1.35 bits per heavy atom. The van der Waals surface area contributed by atoms with Gasteiger partial charge in [-0.1, -0.05) is 30.1 Å². The fraction of sp³-hybridized carbons (Fsp3) is 0.588. The first-order valence-electron chi connectivity index (χ1n) is 8.26. The molecule has 1 aromatic rings. The summed E-state index contributed by atoms with van der Waals surface area (Å²) in [6.07, 6.45) is 3.40. The van der Waals surface area contributed by atoms with Crippen LogP contribution < -0.4 is 10.6 Å². The minimum absolute atomic E-state index is 0.0449. The molecular weight excluding hydrogens is 333 g/mol. The van der Waals surface area contributed by atoms with Gasteiger partial charge in [0.2, 0.25) is 5.91 Å². The summed E-state index contributed by atoms with van der Waals surface area (Å²) in [5.41, 5.74) is 0.572. The van der Waals surface area contributed by atoms with Crippen molar-refractivity contribution in [2.75, 3.05) is 38.0 Å². The minimum atomic E-state index is -0.0449. The highest BCUT2D eigenvalue weighted by atomic mass is 35.5. The smallest absolute Gasteiger partial charge is 0.238 e. The number of halogens is 2. The van der Waals surface area contributed by atoms with Crippen LogP contribution in [0.4, 0.5) is 5.69 Å². The lowest BCUT2D eigenvalue weighted by Gasteiger charge is -2.29. The highest BCUT2D eigenvalue weighted by Crippen LogP contribution is 2.25. The van der Waals surface area contributed by atoms with Crippen LogP contribution >= 0.6 is 23.2 Å². The summed E-state index contributed by atoms with van der Waals surface area (Å²) in [6, 6.07) is 5.08. The molecule has 0 aliphatic carbocycles. The maximum atomic E-state index is 12.3. The van der Waals surface area contributed by atoms with E-state index in [9.17, 15) is 4.79 Å². The van der Waals surface area contributed by atoms with E-state index in [-0.39, 0.29) is 5.91 Å². The van der Waals surface area contributed by atoms with E-state index in [0.717, 1.165) is 32.6 Å². The number of benzene rings is 1. The second-order valence-electron chi connectivity index (χ2n) is 6.10. The first-order valence-corrected chi connectivity index (χ1v) is 9.02. The predicted octanol–water partition coefficient (Wildman–Crippen LogP) is 3.64. The SMILES string of the molecule is CCCN(CC(=O)Nc1cc(Cl)ccc1Cl)CC1CCNCC1. The van der Waals surface area contributed by atoms with Crippen LogP contribution in [0.3, 0.4) is 0 Å². The number of carbonyl (C=O) groups excluding carboxylic acids is 1. The molecule has 128 valence electrons. The third-order valence-corrected chi connectivity index (χ3v) is 4.65. The summed E-state index contributed by atoms with van der Waals surface area (Å²) in [7, 11) is 0. The Morgan fingerprint density at radius 2 is 2.09 bits per heavy atom. The molecule has 1 saturated heterocycles. The highest BCUT2D eigenvalue weighted by Gasteiger charge is 2.19. The third-order valence-electron chi connectivity index (χ3n) is 4.08. The van der Waals surface area contributed by atoms with Crippen LogP contribution in [-0.2, 0) is 4.79 Å². The van der Waals surface area contributed by atoms with Crippen molar-refractivity contribution < 1.29 is 4.79 Å². The topological polar surface area (TPSA) is 44.4 Å². The zero-order chi connectivity index (χ0) is 16.7. The first-order chi connectivity index (χ1) is 11.1. The van der Waals surface area contributed by atoms with Gasteiger partial charge in [0, 0.05) is 11.6 Å². The number of nitrogens with zero attached hydrogens (tertiary/aromatic N) is 1. The van der Waals surface area contributed by atoms with E-state index in [1.165, 1.54) is 12.8 Å². The second kappa shape index (κ2) is 9.48. The zero-order valence-corrected chi connectivity index (χ0v) is 15.1. The lowest BCUT2D eigenvalue weighted by atomic mass is 9.97. The Hall–Kier alpha value is -0.810. The molecule has 1 heterocycles. The molecular formula is C17H25Cl2N3O. The number of hydrogen-bond acceptors (Lipinski definition) is 3. The number of hydrogen-bond donors (Lipinski definition) is 2. The second-order valence-corrected chi connectivity index (χ2v) is 6.94. The summed E-state index contributed by atoms with van der Waals surface area (Å²) in [6.45, 7) is 6.60. The van der Waals surface area contributed by atoms with Gasteiger partial charge in [-0.2, -0.15) is 0 Å². The van der Waals surface area contributed by atoms with Crippen LogP contribution in [0.2, 0.25) is 10.0 Å². The molecule has 1 fully saturated rings. The van der Waals surface area contributed by atoms with E-state index in [2.05, 4.69) is 22.5 Å². The van der Waals surface area contributed by atoms with Gasteiger partial charge in [0.25, 0.3) is 0 Å². The number of amides is 1. The van der Waals surface area contributed by atoms with Crippen molar-refractivity contribution in [1.29, 1.82) is 0 Å². The van der Waals surface area contributed by atoms with Gasteiger partial charge in [-0.3, -0.25) is 9.69 Å². The molecule has 23 heavy (non-hydrogen) atoms. The summed E-state index contributed by atoms with van der Waals surface area (Å²) in [5, 5.41) is 7.31. The van der Waals surface area contributed by atoms with Crippen LogP contribution in [0, 0.1) is 5.92 Å². The lowest BCUT2D eigenvalue weighted by Crippen LogP contribution is -2.40. The number of anilines is 1. The maximum absolute atomic E-state index is 12.3. The summed E-state index contributed by atoms with van der Waals surface area (Å²) < 4.78 is 0. The van der Waals surface area contributed by atoms with E-state index in [0.29, 0.717) is 28.2 Å². The van der Waals surface area contributed by atoms with Crippen molar-refractivity contribution >= 4 is 34.8 Å². The molecule has 6 heteroatoms. The van der Waals surface area contributed by atoms with E-state index < -0.39 is 0 Å². The predicted molar refractivity (Wildman–Crippen MR) is 97.4 cm³/mol. The Labute approximate surface area is 148 Å². The lowest BCUT2D eigenvalue weighted by molar-refractivity contribution is -0.117. The Bertz CT molecular complexity index is 519. The van der Waals surface area contributed by atoms with Gasteiger partial charge in [0.05, 0.1) is 17.3 Å². The largest absolute Gasteiger partial charge is 0.324 e. The molecule has 4 nitrogen and oxygen atoms in total. The molecule has 2 N–H and O–H groups in total. The van der Waals surface area contributed by atoms with E-state index in [4.69, 9.17) is 23.2 Å². The van der Waals surface area contributed by atoms with Gasteiger partial charge < -0.3 is 10.6 Å². The quantitative estimate of drug-likeness (QED) is 0.782. The molecule has 0 saturated carbocycles. The number of nitrogens with one attached hydrogen (secondary N) is 2. The molecule has 1 aromatic carbocycles. The van der Waals surface area contributed by atoms with Gasteiger partial charge in [0.1, 0.15) is 0 Å². The van der Waals surface area contributed by atoms with E-state index >= 15 is 0 Å². The van der Waals surface area contributed by atoms with Gasteiger partial charge in [-0.25, -0.2) is 0 Å². The molecule has 0 radical (unpaired) electrons. The van der Waals surface area contributed by atoms with Gasteiger partial charge in [-0.05, 0) is 63.0 Å². The Balaban J connectivity index is 1.90. The average Bonchev–Trinajstić information content (AvgIpc) is 2.52. The monoisotopic (exact) mass is 357 g/mol. The van der Waals surface area contributed by atoms with Crippen LogP contribution in [0.15, 0.2) is 18.2 Å². The van der Waals surface area contributed by atoms with Crippen molar-refractivity contribution in [3.05, 3.63) is 28.2 Å². The fourth-order valence-electron chi connectivity index (χ4n) is 2.97. The van der Waals surface area contributed by atoms with Crippen molar-refractivity contribution in [3.8, 4) is 0 Å². The van der Waals surface area contributed by atoms with Crippen LogP contribution in [0.1, 0.15) is 26.2 Å². The number of piperidine rings is 1. The highest BCUT2D eigenvalue weighted by molar-refractivity contribution is 6.35. The normalized spacial score (nSPS) is 15.8. The molecule has 2 rings (SSSR count). The van der Waals surface area contributed by atoms with Crippen molar-refractivity contribution in [3.63, 3.8) is 0 Å². The van der Waals surface area contributed by atoms with Crippen LogP contribution in [0.5, 0.6) is 0 Å². The van der Waals surface area contributed by atoms with Gasteiger partial charge in [-0.15, -0.1) is 0 Å². The molecule has 1 amide bonds. The van der Waals surface area contributed by atoms with Crippen LogP contribution in [-0.4, -0.2) is 43.5 Å². The average molecular weight is 358 g/mol. The maximum Gasteiger partial charge on any atom is 0.238 e. The Kier molecular flexibility index (Phi) is 7.63. The van der Waals surface area contributed by atoms with Crippen LogP contribution in [0.25, 0.3) is 0 Å². The standard InChI is InChI=1S/C17H25Cl2N3O/c1-2-9-22(11-13-5-7-20-8-6-13)12-17(23)21-16-10-14(18)3-4-15(16)19/h3-4,10,13,20H,2,5-9,11-12H2,1H3,(H,21,23). The molecule has 0 unspecified atom stereocenters. The number of rotatable bonds is 7. The van der Waals surface area contributed by atoms with E-state index in [1.54, 1.807) is 18.2 Å². The number of carbonyl (C=O) groups is 1. The molecule has 0 atom stereocenters. The van der Waals surface area contributed by atoms with Crippen molar-refractivity contribution in [2.24, 2.45) is 5.92 Å². The molecule has 0 aromatic heterocycles. The molecule has 1 aliphatic rings. The van der Waals surface area contributed by atoms with E-state index in [1.807, 2.05) is 0 Å². The van der Waals surface area contributed by atoms with Gasteiger partial charge >= 0.3 is 0 Å². The third kappa shape index (κ3) is 6.30. The fourth-order valence-corrected chi connectivity index (χ4v) is 3.30. The van der Waals surface area contributed by atoms with Gasteiger partial charge in [0.15, 0.2) is 0 Å². The van der Waals surface area contributed by atoms with Crippen molar-refractivity contribution in [1.82, 2.24) is 10.2 Å². The van der Waals surface area contributed by atoms with Crippen molar-refractivity contribution in [2.45, 2.75) is 26.2 Å². The Morgan fingerprint density at radius 3 is 2.78 bits per heavy atom. The molecule has 0 spiro atoms. The first kappa shape index (κ1) is 18.5. The zero-order valence-electron chi connectivity index (χ0n) is 13.6. The minimum Gasteiger partial charge on any atom is -0.324 e.